The van der Waals surface area contributed by atoms with Gasteiger partial charge in [-0.3, -0.25) is 0 Å². The summed E-state index contributed by atoms with van der Waals surface area (Å²) in [6, 6.07) is 3.63. The van der Waals surface area contributed by atoms with E-state index < -0.39 is 11.7 Å². The van der Waals surface area contributed by atoms with Crippen LogP contribution in [-0.4, -0.2) is 28.4 Å². The zero-order valence-corrected chi connectivity index (χ0v) is 13.4. The highest BCUT2D eigenvalue weighted by Crippen LogP contribution is 2.23. The highest BCUT2D eigenvalue weighted by Gasteiger charge is 2.23. The molecule has 0 atom stereocenters. The average Bonchev–Trinajstić information content (AvgIpc) is 2.70. The van der Waals surface area contributed by atoms with Gasteiger partial charge in [-0.15, -0.1) is 0 Å². The fraction of sp³-hybridized carbons (Fsp3) is 0.385. The van der Waals surface area contributed by atoms with Crippen LogP contribution < -0.4 is 10.4 Å². The van der Waals surface area contributed by atoms with Gasteiger partial charge in [-0.2, -0.15) is 5.10 Å². The Bertz CT molecular complexity index is 633. The Morgan fingerprint density at radius 2 is 2.20 bits per heavy atom. The molecule has 0 unspecified atom stereocenters. The molecule has 0 aliphatic heterocycles. The minimum atomic E-state index is -0.548. The van der Waals surface area contributed by atoms with Crippen LogP contribution in [0.25, 0.3) is 5.52 Å². The van der Waals surface area contributed by atoms with Crippen molar-refractivity contribution in [3.8, 4) is 0 Å². The number of hydrogen-bond acceptors (Lipinski definition) is 4. The Kier molecular flexibility index (Phi) is 4.01. The second kappa shape index (κ2) is 5.41. The Balaban J connectivity index is 2.33. The van der Waals surface area contributed by atoms with Crippen molar-refractivity contribution in [1.82, 2.24) is 15.0 Å². The summed E-state index contributed by atoms with van der Waals surface area (Å²) in [4.78, 5) is 12.2. The Morgan fingerprint density at radius 3 is 2.80 bits per heavy atom. The van der Waals surface area contributed by atoms with Crippen molar-refractivity contribution >= 4 is 33.2 Å². The molecule has 2 heterocycles. The zero-order chi connectivity index (χ0) is 14.9. The second-order valence-electron chi connectivity index (χ2n) is 5.25. The monoisotopic (exact) mass is 340 g/mol. The van der Waals surface area contributed by atoms with Gasteiger partial charge in [-0.25, -0.2) is 19.7 Å². The molecule has 2 aromatic rings. The molecule has 6 nitrogen and oxygen atoms in total. The molecular weight excluding hydrogens is 324 g/mol. The molecule has 1 N–H and O–H groups in total. The summed E-state index contributed by atoms with van der Waals surface area (Å²) in [5.41, 5.74) is 3.83. The van der Waals surface area contributed by atoms with Crippen molar-refractivity contribution in [1.29, 1.82) is 0 Å². The van der Waals surface area contributed by atoms with Crippen molar-refractivity contribution in [2.75, 3.05) is 12.1 Å². The quantitative estimate of drug-likeness (QED) is 0.854. The largest absolute Gasteiger partial charge is 0.442 e. The number of anilines is 1. The van der Waals surface area contributed by atoms with Crippen molar-refractivity contribution in [2.24, 2.45) is 0 Å². The molecule has 7 heteroatoms. The van der Waals surface area contributed by atoms with Gasteiger partial charge >= 0.3 is 6.09 Å². The number of rotatable bonds is 2. The third-order valence-electron chi connectivity index (χ3n) is 2.52. The van der Waals surface area contributed by atoms with Crippen LogP contribution in [0.4, 0.5) is 10.5 Å². The third kappa shape index (κ3) is 3.10. The summed E-state index contributed by atoms with van der Waals surface area (Å²) in [5.74, 6) is 0. The van der Waals surface area contributed by atoms with Crippen LogP contribution in [0.2, 0.25) is 0 Å². The molecule has 2 aromatic heterocycles. The van der Waals surface area contributed by atoms with Crippen molar-refractivity contribution < 1.29 is 9.53 Å². The molecule has 0 aliphatic rings. The zero-order valence-electron chi connectivity index (χ0n) is 11.8. The highest BCUT2D eigenvalue weighted by atomic mass is 79.9. The van der Waals surface area contributed by atoms with Gasteiger partial charge in [0.25, 0.3) is 0 Å². The number of carbonyl (C=O) groups excluding carboxylic acids is 1. The number of aromatic nitrogens is 2. The van der Waals surface area contributed by atoms with Gasteiger partial charge in [-0.1, -0.05) is 0 Å². The maximum Gasteiger partial charge on any atom is 0.429 e. The molecule has 20 heavy (non-hydrogen) atoms. The first-order valence-electron chi connectivity index (χ1n) is 6.15. The van der Waals surface area contributed by atoms with E-state index in [0.717, 1.165) is 9.99 Å². The van der Waals surface area contributed by atoms with Crippen LogP contribution in [0.3, 0.4) is 0 Å². The lowest BCUT2D eigenvalue weighted by Crippen LogP contribution is -2.44. The molecule has 2 rings (SSSR count). The Labute approximate surface area is 125 Å². The van der Waals surface area contributed by atoms with E-state index in [1.54, 1.807) is 30.0 Å². The molecule has 0 radical (unpaired) electrons. The average molecular weight is 341 g/mol. The number of nitrogens with zero attached hydrogens (tertiary/aromatic N) is 3. The minimum Gasteiger partial charge on any atom is -0.442 e. The molecular formula is C13H17BrN4O2. The van der Waals surface area contributed by atoms with Gasteiger partial charge in [0.15, 0.2) is 0 Å². The number of hydrazine groups is 1. The third-order valence-corrected chi connectivity index (χ3v) is 3.13. The number of carbonyl (C=O) groups is 1. The van der Waals surface area contributed by atoms with Crippen LogP contribution in [0.5, 0.6) is 0 Å². The fourth-order valence-corrected chi connectivity index (χ4v) is 2.10. The molecule has 0 saturated heterocycles. The van der Waals surface area contributed by atoms with E-state index in [9.17, 15) is 4.79 Å². The number of hydrogen-bond donors (Lipinski definition) is 1. The standard InChI is InChI=1S/C13H17BrN4O2/c1-13(2,3)20-12(19)18(15-4)9-5-6-17-11(7-9)10(14)8-16-17/h5-8,15H,1-4H3. The molecule has 1 amide bonds. The van der Waals surface area contributed by atoms with E-state index in [0.29, 0.717) is 5.69 Å². The Morgan fingerprint density at radius 1 is 1.50 bits per heavy atom. The normalized spacial score (nSPS) is 11.7. The lowest BCUT2D eigenvalue weighted by atomic mass is 10.2. The van der Waals surface area contributed by atoms with E-state index in [-0.39, 0.29) is 0 Å². The first-order chi connectivity index (χ1) is 9.31. The van der Waals surface area contributed by atoms with E-state index in [1.807, 2.05) is 26.8 Å². The van der Waals surface area contributed by atoms with Gasteiger partial charge in [0, 0.05) is 13.2 Å². The van der Waals surface area contributed by atoms with Gasteiger partial charge in [0.05, 0.1) is 21.9 Å². The Hall–Kier alpha value is -1.60. The molecule has 0 saturated carbocycles. The van der Waals surface area contributed by atoms with Gasteiger partial charge in [-0.05, 0) is 48.8 Å². The molecule has 0 aromatic carbocycles. The number of amides is 1. The number of halogens is 1. The van der Waals surface area contributed by atoms with Gasteiger partial charge in [0.2, 0.25) is 0 Å². The summed E-state index contributed by atoms with van der Waals surface area (Å²) in [7, 11) is 1.67. The van der Waals surface area contributed by atoms with Crippen molar-refractivity contribution in [3.05, 3.63) is 29.0 Å². The second-order valence-corrected chi connectivity index (χ2v) is 6.10. The maximum atomic E-state index is 12.2. The van der Waals surface area contributed by atoms with Crippen molar-refractivity contribution in [3.63, 3.8) is 0 Å². The first kappa shape index (κ1) is 14.8. The van der Waals surface area contributed by atoms with Crippen LogP contribution in [0.1, 0.15) is 20.8 Å². The van der Waals surface area contributed by atoms with Crippen LogP contribution >= 0.6 is 15.9 Å². The van der Waals surface area contributed by atoms with Gasteiger partial charge < -0.3 is 4.74 Å². The smallest absolute Gasteiger partial charge is 0.429 e. The van der Waals surface area contributed by atoms with E-state index in [1.165, 1.54) is 5.01 Å². The lowest BCUT2D eigenvalue weighted by Gasteiger charge is -2.26. The predicted molar refractivity (Wildman–Crippen MR) is 80.7 cm³/mol. The van der Waals surface area contributed by atoms with E-state index >= 15 is 0 Å². The van der Waals surface area contributed by atoms with Crippen LogP contribution in [-0.2, 0) is 4.74 Å². The van der Waals surface area contributed by atoms with E-state index in [2.05, 4.69) is 26.5 Å². The van der Waals surface area contributed by atoms with Gasteiger partial charge in [0.1, 0.15) is 5.60 Å². The highest BCUT2D eigenvalue weighted by molar-refractivity contribution is 9.10. The van der Waals surface area contributed by atoms with Crippen LogP contribution in [0.15, 0.2) is 29.0 Å². The maximum absolute atomic E-state index is 12.2. The fourth-order valence-electron chi connectivity index (χ4n) is 1.71. The number of ether oxygens (including phenoxy) is 1. The summed E-state index contributed by atoms with van der Waals surface area (Å²) in [6.45, 7) is 5.49. The number of pyridine rings is 1. The lowest BCUT2D eigenvalue weighted by molar-refractivity contribution is 0.0565. The summed E-state index contributed by atoms with van der Waals surface area (Å²) >= 11 is 3.42. The topological polar surface area (TPSA) is 58.9 Å². The number of fused-ring (bicyclic) bond motifs is 1. The first-order valence-corrected chi connectivity index (χ1v) is 6.94. The summed E-state index contributed by atoms with van der Waals surface area (Å²) in [5, 5.41) is 5.52. The molecule has 0 spiro atoms. The van der Waals surface area contributed by atoms with Crippen LogP contribution in [0, 0.1) is 0 Å². The molecule has 0 fully saturated rings. The SMILES string of the molecule is CNN(C(=O)OC(C)(C)C)c1ccn2ncc(Br)c2c1. The van der Waals surface area contributed by atoms with Crippen molar-refractivity contribution in [2.45, 2.75) is 26.4 Å². The molecule has 0 bridgehead atoms. The summed E-state index contributed by atoms with van der Waals surface area (Å²) < 4.78 is 7.94. The predicted octanol–water partition coefficient (Wildman–Crippen LogP) is 2.97. The van der Waals surface area contributed by atoms with E-state index in [4.69, 9.17) is 4.74 Å². The number of nitrogens with one attached hydrogen (secondary N) is 1. The minimum absolute atomic E-state index is 0.458. The molecule has 0 aliphatic carbocycles. The molecule has 108 valence electrons. The summed E-state index contributed by atoms with van der Waals surface area (Å²) in [6.07, 6.45) is 3.03.